The summed E-state index contributed by atoms with van der Waals surface area (Å²) in [5.41, 5.74) is -0.0159. The molecule has 0 saturated carbocycles. The Labute approximate surface area is 112 Å². The lowest BCUT2D eigenvalue weighted by Gasteiger charge is -2.19. The second kappa shape index (κ2) is 6.96. The standard InChI is InChI=1S/C13H19F2NO2S/c1-3-16-12(8-5-9-19(2,17)18)13-10(14)6-4-7-11(13)15/h4,6-7,12,16H,3,5,8-9H2,1-2H3. The lowest BCUT2D eigenvalue weighted by Crippen LogP contribution is -2.23. The van der Waals surface area contributed by atoms with E-state index in [1.165, 1.54) is 18.2 Å². The summed E-state index contributed by atoms with van der Waals surface area (Å²) in [5.74, 6) is -1.19. The summed E-state index contributed by atoms with van der Waals surface area (Å²) in [7, 11) is -3.05. The van der Waals surface area contributed by atoms with Crippen molar-refractivity contribution in [2.75, 3.05) is 18.6 Å². The van der Waals surface area contributed by atoms with Gasteiger partial charge in [-0.15, -0.1) is 0 Å². The molecule has 1 aromatic rings. The van der Waals surface area contributed by atoms with Gasteiger partial charge in [0.25, 0.3) is 0 Å². The minimum absolute atomic E-state index is 0.0159. The summed E-state index contributed by atoms with van der Waals surface area (Å²) in [6.45, 7) is 2.39. The van der Waals surface area contributed by atoms with Crippen LogP contribution in [-0.4, -0.2) is 27.0 Å². The van der Waals surface area contributed by atoms with Gasteiger partial charge in [-0.1, -0.05) is 13.0 Å². The lowest BCUT2D eigenvalue weighted by molar-refractivity contribution is 0.451. The maximum atomic E-state index is 13.7. The zero-order chi connectivity index (χ0) is 14.5. The van der Waals surface area contributed by atoms with Gasteiger partial charge in [0.15, 0.2) is 0 Å². The van der Waals surface area contributed by atoms with E-state index < -0.39 is 27.5 Å². The molecule has 0 bridgehead atoms. The summed E-state index contributed by atoms with van der Waals surface area (Å²) in [6, 6.07) is 3.22. The molecule has 108 valence electrons. The molecule has 0 saturated heterocycles. The smallest absolute Gasteiger partial charge is 0.147 e. The van der Waals surface area contributed by atoms with Gasteiger partial charge in [0.05, 0.1) is 0 Å². The highest BCUT2D eigenvalue weighted by Gasteiger charge is 2.19. The van der Waals surface area contributed by atoms with Crippen LogP contribution in [0.3, 0.4) is 0 Å². The zero-order valence-corrected chi connectivity index (χ0v) is 11.9. The minimum atomic E-state index is -3.05. The first-order valence-electron chi connectivity index (χ1n) is 6.20. The fourth-order valence-electron chi connectivity index (χ4n) is 1.99. The topological polar surface area (TPSA) is 46.2 Å². The van der Waals surface area contributed by atoms with Crippen molar-refractivity contribution in [2.24, 2.45) is 0 Å². The molecule has 1 aromatic carbocycles. The molecule has 0 radical (unpaired) electrons. The summed E-state index contributed by atoms with van der Waals surface area (Å²) in [5, 5.41) is 2.99. The van der Waals surface area contributed by atoms with Gasteiger partial charge < -0.3 is 5.32 Å². The molecule has 0 fully saturated rings. The maximum Gasteiger partial charge on any atom is 0.147 e. The highest BCUT2D eigenvalue weighted by Crippen LogP contribution is 2.24. The van der Waals surface area contributed by atoms with Crippen molar-refractivity contribution in [3.05, 3.63) is 35.4 Å². The normalized spacial score (nSPS) is 13.5. The third-order valence-electron chi connectivity index (χ3n) is 2.81. The second-order valence-corrected chi connectivity index (χ2v) is 6.78. The van der Waals surface area contributed by atoms with E-state index in [2.05, 4.69) is 5.32 Å². The largest absolute Gasteiger partial charge is 0.310 e. The average Bonchev–Trinajstić information content (AvgIpc) is 2.27. The number of rotatable bonds is 7. The molecule has 0 aliphatic carbocycles. The van der Waals surface area contributed by atoms with Crippen molar-refractivity contribution in [1.82, 2.24) is 5.32 Å². The van der Waals surface area contributed by atoms with Gasteiger partial charge in [0.2, 0.25) is 0 Å². The predicted molar refractivity (Wildman–Crippen MR) is 71.7 cm³/mol. The number of nitrogens with one attached hydrogen (secondary N) is 1. The van der Waals surface area contributed by atoms with E-state index in [9.17, 15) is 17.2 Å². The van der Waals surface area contributed by atoms with Crippen LogP contribution in [0.5, 0.6) is 0 Å². The quantitative estimate of drug-likeness (QED) is 0.839. The van der Waals surface area contributed by atoms with E-state index in [0.717, 1.165) is 6.26 Å². The number of sulfone groups is 1. The number of hydrogen-bond donors (Lipinski definition) is 1. The first-order chi connectivity index (χ1) is 8.85. The summed E-state index contributed by atoms with van der Waals surface area (Å²) < 4.78 is 49.5. The van der Waals surface area contributed by atoms with Crippen molar-refractivity contribution >= 4 is 9.84 Å². The molecule has 0 aromatic heterocycles. The average molecular weight is 291 g/mol. The van der Waals surface area contributed by atoms with Crippen molar-refractivity contribution in [1.29, 1.82) is 0 Å². The molecule has 3 nitrogen and oxygen atoms in total. The minimum Gasteiger partial charge on any atom is -0.310 e. The van der Waals surface area contributed by atoms with Gasteiger partial charge in [-0.3, -0.25) is 0 Å². The Morgan fingerprint density at radius 3 is 2.32 bits per heavy atom. The first-order valence-corrected chi connectivity index (χ1v) is 8.26. The molecule has 0 aliphatic heterocycles. The van der Waals surface area contributed by atoms with Crippen molar-refractivity contribution in [3.63, 3.8) is 0 Å². The van der Waals surface area contributed by atoms with Gasteiger partial charge in [0.1, 0.15) is 21.5 Å². The van der Waals surface area contributed by atoms with Gasteiger partial charge in [-0.2, -0.15) is 0 Å². The van der Waals surface area contributed by atoms with Crippen molar-refractivity contribution < 1.29 is 17.2 Å². The van der Waals surface area contributed by atoms with E-state index in [4.69, 9.17) is 0 Å². The van der Waals surface area contributed by atoms with Gasteiger partial charge in [-0.05, 0) is 31.5 Å². The van der Waals surface area contributed by atoms with E-state index >= 15 is 0 Å². The molecule has 1 atom stereocenters. The molecule has 19 heavy (non-hydrogen) atoms. The van der Waals surface area contributed by atoms with Crippen LogP contribution in [0.1, 0.15) is 31.4 Å². The second-order valence-electron chi connectivity index (χ2n) is 4.52. The fourth-order valence-corrected chi connectivity index (χ4v) is 2.68. The van der Waals surface area contributed by atoms with Crippen molar-refractivity contribution in [2.45, 2.75) is 25.8 Å². The molecule has 6 heteroatoms. The molecule has 1 rings (SSSR count). The Morgan fingerprint density at radius 2 is 1.84 bits per heavy atom. The molecular weight excluding hydrogens is 272 g/mol. The van der Waals surface area contributed by atoms with Crippen LogP contribution in [0.15, 0.2) is 18.2 Å². The van der Waals surface area contributed by atoms with Crippen LogP contribution in [0.4, 0.5) is 8.78 Å². The molecule has 0 heterocycles. The molecule has 0 amide bonds. The molecule has 1 unspecified atom stereocenters. The number of benzene rings is 1. The van der Waals surface area contributed by atoms with Gasteiger partial charge in [-0.25, -0.2) is 17.2 Å². The van der Waals surface area contributed by atoms with E-state index in [1.807, 2.05) is 6.92 Å². The maximum absolute atomic E-state index is 13.7. The molecule has 0 spiro atoms. The van der Waals surface area contributed by atoms with E-state index in [-0.39, 0.29) is 11.3 Å². The van der Waals surface area contributed by atoms with Crippen LogP contribution in [-0.2, 0) is 9.84 Å². The number of halogens is 2. The monoisotopic (exact) mass is 291 g/mol. The molecule has 0 aliphatic rings. The Balaban J connectivity index is 2.82. The highest BCUT2D eigenvalue weighted by atomic mass is 32.2. The van der Waals surface area contributed by atoms with Gasteiger partial charge >= 0.3 is 0 Å². The highest BCUT2D eigenvalue weighted by molar-refractivity contribution is 7.90. The van der Waals surface area contributed by atoms with Crippen LogP contribution >= 0.6 is 0 Å². The third-order valence-corrected chi connectivity index (χ3v) is 3.84. The molecular formula is C13H19F2NO2S. The van der Waals surface area contributed by atoms with Crippen LogP contribution in [0.2, 0.25) is 0 Å². The third kappa shape index (κ3) is 5.24. The Morgan fingerprint density at radius 1 is 1.26 bits per heavy atom. The van der Waals surface area contributed by atoms with E-state index in [1.54, 1.807) is 0 Å². The SMILES string of the molecule is CCNC(CCCS(C)(=O)=O)c1c(F)cccc1F. The van der Waals surface area contributed by atoms with Crippen molar-refractivity contribution in [3.8, 4) is 0 Å². The molecule has 1 N–H and O–H groups in total. The Kier molecular flexibility index (Phi) is 5.87. The van der Waals surface area contributed by atoms with Crippen LogP contribution in [0, 0.1) is 11.6 Å². The summed E-state index contributed by atoms with van der Waals surface area (Å²) in [4.78, 5) is 0. The zero-order valence-electron chi connectivity index (χ0n) is 11.1. The van der Waals surface area contributed by atoms with E-state index in [0.29, 0.717) is 19.4 Å². The Bertz CT molecular complexity index is 497. The first kappa shape index (κ1) is 16.0. The summed E-state index contributed by atoms with van der Waals surface area (Å²) in [6.07, 6.45) is 1.89. The lowest BCUT2D eigenvalue weighted by atomic mass is 10.0. The predicted octanol–water partition coefficient (Wildman–Crippen LogP) is 2.44. The number of hydrogen-bond acceptors (Lipinski definition) is 3. The fraction of sp³-hybridized carbons (Fsp3) is 0.538. The van der Waals surface area contributed by atoms with Gasteiger partial charge in [0, 0.05) is 23.6 Å². The Hall–Kier alpha value is -1.01. The summed E-state index contributed by atoms with van der Waals surface area (Å²) >= 11 is 0. The van der Waals surface area contributed by atoms with Crippen LogP contribution < -0.4 is 5.32 Å². The van der Waals surface area contributed by atoms with Crippen LogP contribution in [0.25, 0.3) is 0 Å².